The molecule has 0 unspecified atom stereocenters. The summed E-state index contributed by atoms with van der Waals surface area (Å²) in [6, 6.07) is 7.42. The van der Waals surface area contributed by atoms with Gasteiger partial charge in [0.05, 0.1) is 23.8 Å². The minimum Gasteiger partial charge on any atom is -0.390 e. The highest BCUT2D eigenvalue weighted by molar-refractivity contribution is 6.08. The molecular weight excluding hydrogens is 457 g/mol. The van der Waals surface area contributed by atoms with Crippen LogP contribution in [0.15, 0.2) is 42.9 Å². The number of nitrogens with zero attached hydrogens (tertiary/aromatic N) is 5. The summed E-state index contributed by atoms with van der Waals surface area (Å²) in [5.41, 5.74) is 3.68. The Morgan fingerprint density at radius 2 is 1.94 bits per heavy atom. The lowest BCUT2D eigenvalue weighted by molar-refractivity contribution is -0.143. The van der Waals surface area contributed by atoms with Crippen LogP contribution in [-0.2, 0) is 0 Å². The second-order valence-corrected chi connectivity index (χ2v) is 8.52. The molecule has 0 amide bonds. The second-order valence-electron chi connectivity index (χ2n) is 8.52. The van der Waals surface area contributed by atoms with Gasteiger partial charge in [-0.3, -0.25) is 9.88 Å². The van der Waals surface area contributed by atoms with Gasteiger partial charge in [0, 0.05) is 36.3 Å². The van der Waals surface area contributed by atoms with Crippen molar-refractivity contribution in [2.45, 2.75) is 32.4 Å². The lowest BCUT2D eigenvalue weighted by atomic mass is 10.1. The Balaban J connectivity index is 1.66. The summed E-state index contributed by atoms with van der Waals surface area (Å²) >= 11 is 0. The van der Waals surface area contributed by atoms with Gasteiger partial charge in [0.2, 0.25) is 0 Å². The van der Waals surface area contributed by atoms with Crippen LogP contribution >= 0.6 is 0 Å². The third-order valence-electron chi connectivity index (χ3n) is 5.19. The third-order valence-corrected chi connectivity index (χ3v) is 5.19. The van der Waals surface area contributed by atoms with E-state index in [0.717, 1.165) is 5.56 Å². The zero-order chi connectivity index (χ0) is 25.4. The Labute approximate surface area is 202 Å². The van der Waals surface area contributed by atoms with E-state index < -0.39 is 12.7 Å². The van der Waals surface area contributed by atoms with Crippen molar-refractivity contribution in [1.82, 2.24) is 30.4 Å². The van der Waals surface area contributed by atoms with E-state index in [4.69, 9.17) is 5.41 Å². The predicted molar refractivity (Wildman–Crippen MR) is 132 cm³/mol. The Morgan fingerprint density at radius 3 is 2.66 bits per heavy atom. The van der Waals surface area contributed by atoms with Crippen molar-refractivity contribution in [3.05, 3.63) is 54.0 Å². The fraction of sp³-hybridized carbons (Fsp3) is 0.375. The van der Waals surface area contributed by atoms with Crippen molar-refractivity contribution in [3.63, 3.8) is 0 Å². The largest absolute Gasteiger partial charge is 0.401 e. The van der Waals surface area contributed by atoms with E-state index in [1.165, 1.54) is 18.2 Å². The normalized spacial score (nSPS) is 12.4. The van der Waals surface area contributed by atoms with E-state index in [9.17, 15) is 13.2 Å². The number of allylic oxidation sites excluding steroid dienone is 1. The van der Waals surface area contributed by atoms with Crippen LogP contribution in [0.5, 0.6) is 0 Å². The zero-order valence-corrected chi connectivity index (χ0v) is 19.9. The lowest BCUT2D eigenvalue weighted by Crippen LogP contribution is -2.32. The lowest BCUT2D eigenvalue weighted by Gasteiger charge is -2.18. The van der Waals surface area contributed by atoms with Crippen molar-refractivity contribution < 1.29 is 13.2 Å². The number of aromatic nitrogens is 4. The average molecular weight is 487 g/mol. The smallest absolute Gasteiger partial charge is 0.390 e. The Morgan fingerprint density at radius 1 is 1.14 bits per heavy atom. The van der Waals surface area contributed by atoms with E-state index in [-0.39, 0.29) is 0 Å². The molecule has 8 nitrogen and oxygen atoms in total. The number of halogens is 3. The maximum absolute atomic E-state index is 12.4. The highest BCUT2D eigenvalue weighted by Crippen LogP contribution is 2.22. The van der Waals surface area contributed by atoms with Crippen molar-refractivity contribution >= 4 is 34.5 Å². The first kappa shape index (κ1) is 26.0. The maximum Gasteiger partial charge on any atom is 0.401 e. The van der Waals surface area contributed by atoms with E-state index in [2.05, 4.69) is 44.6 Å². The van der Waals surface area contributed by atoms with Gasteiger partial charge < -0.3 is 16.0 Å². The Hall–Kier alpha value is -3.60. The first-order valence-corrected chi connectivity index (χ1v) is 11.2. The van der Waals surface area contributed by atoms with Gasteiger partial charge in [-0.05, 0) is 55.8 Å². The van der Waals surface area contributed by atoms with E-state index in [0.29, 0.717) is 59.2 Å². The molecule has 0 saturated heterocycles. The van der Waals surface area contributed by atoms with Crippen LogP contribution in [0, 0.1) is 5.41 Å². The van der Waals surface area contributed by atoms with Gasteiger partial charge >= 0.3 is 6.18 Å². The number of pyridine rings is 2. The molecule has 0 radical (unpaired) electrons. The number of fused-ring (bicyclic) bond motifs is 1. The van der Waals surface area contributed by atoms with E-state index in [1.807, 2.05) is 24.3 Å². The van der Waals surface area contributed by atoms with Crippen molar-refractivity contribution in [1.29, 1.82) is 5.41 Å². The van der Waals surface area contributed by atoms with Crippen molar-refractivity contribution in [2.24, 2.45) is 0 Å². The molecule has 3 aromatic rings. The van der Waals surface area contributed by atoms with Crippen LogP contribution in [0.25, 0.3) is 16.6 Å². The van der Waals surface area contributed by atoms with Gasteiger partial charge in [0.25, 0.3) is 0 Å². The summed E-state index contributed by atoms with van der Waals surface area (Å²) in [7, 11) is 1.44. The first-order chi connectivity index (χ1) is 16.6. The number of hydrogen-bond donors (Lipinski definition) is 3. The second kappa shape index (κ2) is 11.7. The van der Waals surface area contributed by atoms with Crippen molar-refractivity contribution in [2.75, 3.05) is 32.0 Å². The molecule has 3 aromatic heterocycles. The van der Waals surface area contributed by atoms with E-state index in [1.54, 1.807) is 18.6 Å². The van der Waals surface area contributed by atoms with Crippen LogP contribution in [0.3, 0.4) is 0 Å². The summed E-state index contributed by atoms with van der Waals surface area (Å²) in [5, 5.41) is 22.1. The number of nitrogens with one attached hydrogen (secondary N) is 3. The molecule has 186 valence electrons. The van der Waals surface area contributed by atoms with Gasteiger partial charge in [0.1, 0.15) is 5.82 Å². The minimum atomic E-state index is -4.20. The summed E-state index contributed by atoms with van der Waals surface area (Å²) in [6.45, 7) is 4.01. The summed E-state index contributed by atoms with van der Waals surface area (Å²) < 4.78 is 37.2. The highest BCUT2D eigenvalue weighted by atomic mass is 19.4. The SMILES string of the molecule is CC(C)c1cnnc(Nc2ccc3ncc(/C(C=N)=C/NCCCN(C)CC(F)(F)F)cc3n2)c1. The molecule has 0 aliphatic heterocycles. The standard InChI is InChI=1S/C24H29F3N8/c1-16(2)17-10-23(34-31-14-17)33-22-6-5-20-21(32-22)9-18(13-30-20)19(11-28)12-29-7-4-8-35(3)15-24(25,26)27/h5-6,9-14,16,28-29H,4,7-8,15H2,1-3H3,(H,32,33,34)/b19-12+,28-11?. The number of anilines is 2. The average Bonchev–Trinajstić information content (AvgIpc) is 2.80. The van der Waals surface area contributed by atoms with Crippen LogP contribution in [0.2, 0.25) is 0 Å². The van der Waals surface area contributed by atoms with E-state index >= 15 is 0 Å². The van der Waals surface area contributed by atoms with Gasteiger partial charge in [-0.2, -0.15) is 18.3 Å². The molecule has 35 heavy (non-hydrogen) atoms. The highest BCUT2D eigenvalue weighted by Gasteiger charge is 2.28. The Kier molecular flexibility index (Phi) is 8.69. The molecule has 3 N–H and O–H groups in total. The van der Waals surface area contributed by atoms with Crippen LogP contribution in [-0.4, -0.2) is 64.1 Å². The Bertz CT molecular complexity index is 1180. The number of hydrogen-bond acceptors (Lipinski definition) is 8. The molecule has 3 heterocycles. The molecule has 0 fully saturated rings. The fourth-order valence-electron chi connectivity index (χ4n) is 3.35. The summed E-state index contributed by atoms with van der Waals surface area (Å²) in [4.78, 5) is 10.3. The third kappa shape index (κ3) is 7.99. The quantitative estimate of drug-likeness (QED) is 0.265. The molecule has 0 spiro atoms. The molecule has 0 aliphatic carbocycles. The molecule has 0 saturated carbocycles. The van der Waals surface area contributed by atoms with Crippen LogP contribution in [0.1, 0.15) is 37.3 Å². The topological polar surface area (TPSA) is 103 Å². The first-order valence-electron chi connectivity index (χ1n) is 11.2. The molecular formula is C24H29F3N8. The fourth-order valence-corrected chi connectivity index (χ4v) is 3.35. The zero-order valence-electron chi connectivity index (χ0n) is 19.9. The van der Waals surface area contributed by atoms with Crippen molar-refractivity contribution in [3.8, 4) is 0 Å². The molecule has 0 aromatic carbocycles. The molecule has 0 aliphatic rings. The number of alkyl halides is 3. The monoisotopic (exact) mass is 486 g/mol. The summed E-state index contributed by atoms with van der Waals surface area (Å²) in [5.74, 6) is 1.51. The van der Waals surface area contributed by atoms with Gasteiger partial charge in [0.15, 0.2) is 5.82 Å². The molecule has 3 rings (SSSR count). The van der Waals surface area contributed by atoms with Gasteiger partial charge in [-0.1, -0.05) is 13.8 Å². The van der Waals surface area contributed by atoms with Gasteiger partial charge in [-0.25, -0.2) is 4.98 Å². The van der Waals surface area contributed by atoms with Crippen LogP contribution in [0.4, 0.5) is 24.8 Å². The van der Waals surface area contributed by atoms with Crippen LogP contribution < -0.4 is 10.6 Å². The molecule has 0 bridgehead atoms. The predicted octanol–water partition coefficient (Wildman–Crippen LogP) is 4.75. The molecule has 0 atom stereocenters. The number of rotatable bonds is 11. The van der Waals surface area contributed by atoms with Gasteiger partial charge in [-0.15, -0.1) is 5.10 Å². The minimum absolute atomic E-state index is 0.307. The summed E-state index contributed by atoms with van der Waals surface area (Å²) in [6.07, 6.45) is 2.58. The maximum atomic E-state index is 12.4. The molecule has 11 heteroatoms.